The molecule has 1 heterocycles. The lowest BCUT2D eigenvalue weighted by Gasteiger charge is -2.09. The second-order valence-corrected chi connectivity index (χ2v) is 6.31. The van der Waals surface area contributed by atoms with Gasteiger partial charge in [-0.2, -0.15) is 0 Å². The Morgan fingerprint density at radius 1 is 1.17 bits per heavy atom. The van der Waals surface area contributed by atoms with E-state index in [1.165, 1.54) is 38.5 Å². The third kappa shape index (κ3) is 5.29. The van der Waals surface area contributed by atoms with Gasteiger partial charge in [-0.25, -0.2) is 0 Å². The minimum absolute atomic E-state index is 0.369. The summed E-state index contributed by atoms with van der Waals surface area (Å²) in [6.45, 7) is 4.23. The van der Waals surface area contributed by atoms with Crippen molar-refractivity contribution in [3.8, 4) is 0 Å². The maximum Gasteiger partial charge on any atom is 0.0897 e. The summed E-state index contributed by atoms with van der Waals surface area (Å²) in [6, 6.07) is 0. The highest BCUT2D eigenvalue weighted by Gasteiger charge is 2.14. The normalized spacial score (nSPS) is 12.9. The van der Waals surface area contributed by atoms with Crippen LogP contribution in [-0.4, -0.2) is 5.11 Å². The number of thiophene rings is 1. The van der Waals surface area contributed by atoms with Crippen LogP contribution < -0.4 is 0 Å². The molecule has 0 amide bonds. The third-order valence-electron chi connectivity index (χ3n) is 3.31. The summed E-state index contributed by atoms with van der Waals surface area (Å²) in [7, 11) is 0. The standard InChI is InChI=1S/C15H25ClOS/c1-3-4-5-6-7-8-9-10-13(17)15-14(16)12(2)11-18-15/h11,13,17H,3-10H2,1-2H3. The van der Waals surface area contributed by atoms with Crippen molar-refractivity contribution in [2.75, 3.05) is 0 Å². The van der Waals surface area contributed by atoms with E-state index in [1.807, 2.05) is 12.3 Å². The minimum Gasteiger partial charge on any atom is -0.388 e. The van der Waals surface area contributed by atoms with Crippen LogP contribution in [0.25, 0.3) is 0 Å². The van der Waals surface area contributed by atoms with Crippen molar-refractivity contribution in [3.05, 3.63) is 20.8 Å². The van der Waals surface area contributed by atoms with E-state index in [0.29, 0.717) is 0 Å². The van der Waals surface area contributed by atoms with Gasteiger partial charge in [0.25, 0.3) is 0 Å². The van der Waals surface area contributed by atoms with Gasteiger partial charge in [-0.3, -0.25) is 0 Å². The van der Waals surface area contributed by atoms with E-state index in [1.54, 1.807) is 11.3 Å². The summed E-state index contributed by atoms with van der Waals surface area (Å²) >= 11 is 7.73. The van der Waals surface area contributed by atoms with Crippen molar-refractivity contribution < 1.29 is 5.11 Å². The van der Waals surface area contributed by atoms with Crippen LogP contribution in [0.4, 0.5) is 0 Å². The first-order chi connectivity index (χ1) is 8.66. The summed E-state index contributed by atoms with van der Waals surface area (Å²) in [6.07, 6.45) is 9.44. The molecule has 0 aromatic carbocycles. The Bertz CT molecular complexity index is 335. The Kier molecular flexibility index (Phi) is 7.96. The molecule has 0 saturated heterocycles. The molecule has 0 spiro atoms. The van der Waals surface area contributed by atoms with Crippen LogP contribution in [-0.2, 0) is 0 Å². The molecule has 18 heavy (non-hydrogen) atoms. The monoisotopic (exact) mass is 288 g/mol. The average Bonchev–Trinajstić information content (AvgIpc) is 2.69. The number of hydrogen-bond donors (Lipinski definition) is 1. The second kappa shape index (κ2) is 8.95. The van der Waals surface area contributed by atoms with Crippen LogP contribution in [0.15, 0.2) is 5.38 Å². The Morgan fingerprint density at radius 3 is 2.33 bits per heavy atom. The Hall–Kier alpha value is -0.0500. The zero-order valence-corrected chi connectivity index (χ0v) is 13.1. The van der Waals surface area contributed by atoms with Crippen molar-refractivity contribution >= 4 is 22.9 Å². The summed E-state index contributed by atoms with van der Waals surface area (Å²) in [5.74, 6) is 0. The van der Waals surface area contributed by atoms with E-state index in [4.69, 9.17) is 11.6 Å². The highest BCUT2D eigenvalue weighted by molar-refractivity contribution is 7.10. The lowest BCUT2D eigenvalue weighted by molar-refractivity contribution is 0.167. The van der Waals surface area contributed by atoms with Crippen molar-refractivity contribution in [1.82, 2.24) is 0 Å². The summed E-state index contributed by atoms with van der Waals surface area (Å²) in [5, 5.41) is 12.9. The summed E-state index contributed by atoms with van der Waals surface area (Å²) in [5.41, 5.74) is 1.08. The van der Waals surface area contributed by atoms with Crippen molar-refractivity contribution in [3.63, 3.8) is 0 Å². The fourth-order valence-electron chi connectivity index (χ4n) is 2.10. The molecule has 104 valence electrons. The zero-order chi connectivity index (χ0) is 13.4. The predicted molar refractivity (Wildman–Crippen MR) is 81.6 cm³/mol. The average molecular weight is 289 g/mol. The Balaban J connectivity index is 2.14. The molecule has 1 N–H and O–H groups in total. The number of aliphatic hydroxyl groups excluding tert-OH is 1. The molecule has 1 unspecified atom stereocenters. The molecule has 0 aliphatic heterocycles. The molecule has 1 nitrogen and oxygen atoms in total. The molecule has 1 aromatic heterocycles. The molecule has 1 atom stereocenters. The fraction of sp³-hybridized carbons (Fsp3) is 0.733. The van der Waals surface area contributed by atoms with Crippen LogP contribution >= 0.6 is 22.9 Å². The van der Waals surface area contributed by atoms with E-state index < -0.39 is 0 Å². The largest absolute Gasteiger partial charge is 0.388 e. The van der Waals surface area contributed by atoms with Gasteiger partial charge in [0.05, 0.1) is 16.0 Å². The van der Waals surface area contributed by atoms with Gasteiger partial charge < -0.3 is 5.11 Å². The van der Waals surface area contributed by atoms with Gasteiger partial charge in [-0.1, -0.05) is 63.5 Å². The van der Waals surface area contributed by atoms with Crippen molar-refractivity contribution in [1.29, 1.82) is 0 Å². The molecule has 0 aliphatic carbocycles. The molecule has 1 aromatic rings. The van der Waals surface area contributed by atoms with Crippen molar-refractivity contribution in [2.24, 2.45) is 0 Å². The lowest BCUT2D eigenvalue weighted by Crippen LogP contribution is -1.95. The molecule has 0 radical (unpaired) electrons. The van der Waals surface area contributed by atoms with Gasteiger partial charge in [0, 0.05) is 0 Å². The van der Waals surface area contributed by atoms with Crippen LogP contribution in [0.2, 0.25) is 5.02 Å². The first kappa shape index (κ1) is 16.0. The maximum atomic E-state index is 10.1. The molecule has 1 rings (SSSR count). The molecule has 0 bridgehead atoms. The second-order valence-electron chi connectivity index (χ2n) is 5.02. The molecule has 0 aliphatic rings. The van der Waals surface area contributed by atoms with Gasteiger partial charge >= 0.3 is 0 Å². The highest BCUT2D eigenvalue weighted by atomic mass is 35.5. The smallest absolute Gasteiger partial charge is 0.0897 e. The number of hydrogen-bond acceptors (Lipinski definition) is 2. The number of aliphatic hydroxyl groups is 1. The Labute approximate surface area is 120 Å². The van der Waals surface area contributed by atoms with Gasteiger partial charge in [-0.15, -0.1) is 11.3 Å². The van der Waals surface area contributed by atoms with Crippen molar-refractivity contribution in [2.45, 2.75) is 71.3 Å². The number of rotatable bonds is 9. The van der Waals surface area contributed by atoms with Gasteiger partial charge in [-0.05, 0) is 24.3 Å². The lowest BCUT2D eigenvalue weighted by atomic mass is 10.1. The first-order valence-corrected chi connectivity index (χ1v) is 8.34. The highest BCUT2D eigenvalue weighted by Crippen LogP contribution is 2.34. The number of aryl methyl sites for hydroxylation is 1. The van der Waals surface area contributed by atoms with E-state index in [0.717, 1.165) is 28.3 Å². The predicted octanol–water partition coefficient (Wildman–Crippen LogP) is 5.88. The topological polar surface area (TPSA) is 20.2 Å². The summed E-state index contributed by atoms with van der Waals surface area (Å²) in [4.78, 5) is 0.945. The number of unbranched alkanes of at least 4 members (excludes halogenated alkanes) is 6. The molecule has 0 fully saturated rings. The minimum atomic E-state index is -0.369. The molecular formula is C15H25ClOS. The molecule has 0 saturated carbocycles. The van der Waals surface area contributed by atoms with Crippen LogP contribution in [0.5, 0.6) is 0 Å². The third-order valence-corrected chi connectivity index (χ3v) is 5.12. The zero-order valence-electron chi connectivity index (χ0n) is 11.5. The summed E-state index contributed by atoms with van der Waals surface area (Å²) < 4.78 is 0. The van der Waals surface area contributed by atoms with E-state index in [9.17, 15) is 5.11 Å². The van der Waals surface area contributed by atoms with Crippen LogP contribution in [0.3, 0.4) is 0 Å². The molecular weight excluding hydrogens is 264 g/mol. The van der Waals surface area contributed by atoms with Crippen LogP contribution in [0.1, 0.15) is 74.8 Å². The molecule has 3 heteroatoms. The van der Waals surface area contributed by atoms with E-state index in [-0.39, 0.29) is 6.10 Å². The van der Waals surface area contributed by atoms with E-state index in [2.05, 4.69) is 6.92 Å². The van der Waals surface area contributed by atoms with E-state index >= 15 is 0 Å². The quantitative estimate of drug-likeness (QED) is 0.562. The van der Waals surface area contributed by atoms with Gasteiger partial charge in [0.1, 0.15) is 0 Å². The SMILES string of the molecule is CCCCCCCCCC(O)c1scc(C)c1Cl. The van der Waals surface area contributed by atoms with Gasteiger partial charge in [0.2, 0.25) is 0 Å². The van der Waals surface area contributed by atoms with Gasteiger partial charge in [0.15, 0.2) is 0 Å². The number of halogens is 1. The first-order valence-electron chi connectivity index (χ1n) is 7.08. The van der Waals surface area contributed by atoms with Crippen LogP contribution in [0, 0.1) is 6.92 Å². The Morgan fingerprint density at radius 2 is 1.78 bits per heavy atom. The fourth-order valence-corrected chi connectivity index (χ4v) is 3.44. The maximum absolute atomic E-state index is 10.1.